The molecule has 0 radical (unpaired) electrons. The van der Waals surface area contributed by atoms with Gasteiger partial charge in [0, 0.05) is 31.8 Å². The van der Waals surface area contributed by atoms with Crippen molar-refractivity contribution in [3.05, 3.63) is 33.3 Å². The molecule has 0 amide bonds. The fourth-order valence-corrected chi connectivity index (χ4v) is 1.97. The van der Waals surface area contributed by atoms with Crippen molar-refractivity contribution in [2.24, 2.45) is 0 Å². The molecular weight excluding hydrogens is 305 g/mol. The van der Waals surface area contributed by atoms with E-state index in [0.717, 1.165) is 22.6 Å². The summed E-state index contributed by atoms with van der Waals surface area (Å²) in [6, 6.07) is 5.89. The van der Waals surface area contributed by atoms with Gasteiger partial charge < -0.3 is 14.8 Å². The van der Waals surface area contributed by atoms with E-state index in [0.29, 0.717) is 6.61 Å². The zero-order valence-corrected chi connectivity index (χ0v) is 12.3. The van der Waals surface area contributed by atoms with Crippen LogP contribution in [-0.2, 0) is 16.0 Å². The first-order chi connectivity index (χ1) is 8.17. The number of hydrogen-bond acceptors (Lipinski definition) is 3. The number of rotatable bonds is 7. The standard InChI is InChI=1S/C12H17BrClNO2/c1-16-8-10(17-2)7-15-6-9-3-4-12(14)11(13)5-9/h3-5,10,15H,6-8H2,1-2H3. The van der Waals surface area contributed by atoms with Gasteiger partial charge in [-0.3, -0.25) is 0 Å². The molecule has 1 atom stereocenters. The number of benzene rings is 1. The van der Waals surface area contributed by atoms with Crippen molar-refractivity contribution >= 4 is 27.5 Å². The molecule has 0 aromatic heterocycles. The van der Waals surface area contributed by atoms with Crippen molar-refractivity contribution < 1.29 is 9.47 Å². The molecule has 3 nitrogen and oxygen atoms in total. The minimum atomic E-state index is 0.0794. The van der Waals surface area contributed by atoms with Crippen LogP contribution in [0.5, 0.6) is 0 Å². The summed E-state index contributed by atoms with van der Waals surface area (Å²) in [4.78, 5) is 0. The first kappa shape index (κ1) is 14.9. The molecule has 0 spiro atoms. The zero-order chi connectivity index (χ0) is 12.7. The molecule has 1 unspecified atom stereocenters. The van der Waals surface area contributed by atoms with Crippen molar-refractivity contribution in [3.63, 3.8) is 0 Å². The predicted molar refractivity (Wildman–Crippen MR) is 73.5 cm³/mol. The van der Waals surface area contributed by atoms with Crippen molar-refractivity contribution in [3.8, 4) is 0 Å². The molecule has 5 heteroatoms. The van der Waals surface area contributed by atoms with Gasteiger partial charge in [-0.1, -0.05) is 17.7 Å². The number of ether oxygens (including phenoxy) is 2. The van der Waals surface area contributed by atoms with E-state index in [9.17, 15) is 0 Å². The molecule has 17 heavy (non-hydrogen) atoms. The SMILES string of the molecule is COCC(CNCc1ccc(Cl)c(Br)c1)OC. The van der Waals surface area contributed by atoms with E-state index in [2.05, 4.69) is 21.2 Å². The summed E-state index contributed by atoms with van der Waals surface area (Å²) in [6.07, 6.45) is 0.0794. The van der Waals surface area contributed by atoms with Gasteiger partial charge >= 0.3 is 0 Å². The Bertz CT molecular complexity index is 349. The highest BCUT2D eigenvalue weighted by atomic mass is 79.9. The Labute approximate surface area is 116 Å². The van der Waals surface area contributed by atoms with Gasteiger partial charge in [0.2, 0.25) is 0 Å². The average molecular weight is 323 g/mol. The Morgan fingerprint density at radius 1 is 1.41 bits per heavy atom. The molecule has 1 rings (SSSR count). The van der Waals surface area contributed by atoms with E-state index in [-0.39, 0.29) is 6.10 Å². The van der Waals surface area contributed by atoms with Crippen molar-refractivity contribution in [1.82, 2.24) is 5.32 Å². The lowest BCUT2D eigenvalue weighted by atomic mass is 10.2. The number of halogens is 2. The molecule has 0 heterocycles. The van der Waals surface area contributed by atoms with E-state index in [4.69, 9.17) is 21.1 Å². The number of methoxy groups -OCH3 is 2. The lowest BCUT2D eigenvalue weighted by Gasteiger charge is -2.15. The second-order valence-corrected chi connectivity index (χ2v) is 4.95. The molecule has 0 fully saturated rings. The van der Waals surface area contributed by atoms with Gasteiger partial charge in [-0.25, -0.2) is 0 Å². The number of hydrogen-bond donors (Lipinski definition) is 1. The van der Waals surface area contributed by atoms with Crippen LogP contribution in [0.4, 0.5) is 0 Å². The zero-order valence-electron chi connectivity index (χ0n) is 10.0. The van der Waals surface area contributed by atoms with Gasteiger partial charge in [0.05, 0.1) is 17.7 Å². The second kappa shape index (κ2) is 8.06. The summed E-state index contributed by atoms with van der Waals surface area (Å²) >= 11 is 9.33. The third-order valence-electron chi connectivity index (χ3n) is 2.37. The average Bonchev–Trinajstić information content (AvgIpc) is 2.32. The van der Waals surface area contributed by atoms with Crippen LogP contribution in [0, 0.1) is 0 Å². The Morgan fingerprint density at radius 3 is 2.76 bits per heavy atom. The molecule has 0 aliphatic carbocycles. The monoisotopic (exact) mass is 321 g/mol. The van der Waals surface area contributed by atoms with Crippen LogP contribution in [0.3, 0.4) is 0 Å². The minimum Gasteiger partial charge on any atom is -0.382 e. The van der Waals surface area contributed by atoms with Crippen LogP contribution in [0.15, 0.2) is 22.7 Å². The highest BCUT2D eigenvalue weighted by molar-refractivity contribution is 9.10. The summed E-state index contributed by atoms with van der Waals surface area (Å²) in [7, 11) is 3.35. The van der Waals surface area contributed by atoms with Crippen LogP contribution in [0.1, 0.15) is 5.56 Å². The van der Waals surface area contributed by atoms with Gasteiger partial charge in [0.1, 0.15) is 0 Å². The Balaban J connectivity index is 2.37. The van der Waals surface area contributed by atoms with Crippen LogP contribution in [-0.4, -0.2) is 33.5 Å². The summed E-state index contributed by atoms with van der Waals surface area (Å²) in [5, 5.41) is 4.04. The third kappa shape index (κ3) is 5.36. The molecule has 1 aromatic carbocycles. The summed E-state index contributed by atoms with van der Waals surface area (Å²) < 4.78 is 11.2. The summed E-state index contributed by atoms with van der Waals surface area (Å²) in [6.45, 7) is 2.12. The predicted octanol–water partition coefficient (Wildman–Crippen LogP) is 2.85. The lowest BCUT2D eigenvalue weighted by Crippen LogP contribution is -2.31. The van der Waals surface area contributed by atoms with E-state index in [1.807, 2.05) is 18.2 Å². The first-order valence-electron chi connectivity index (χ1n) is 5.33. The highest BCUT2D eigenvalue weighted by Crippen LogP contribution is 2.23. The summed E-state index contributed by atoms with van der Waals surface area (Å²) in [5.74, 6) is 0. The maximum atomic E-state index is 5.93. The van der Waals surface area contributed by atoms with E-state index in [1.54, 1.807) is 14.2 Å². The molecule has 0 saturated heterocycles. The third-order valence-corrected chi connectivity index (χ3v) is 3.58. The van der Waals surface area contributed by atoms with Crippen molar-refractivity contribution in [1.29, 1.82) is 0 Å². The van der Waals surface area contributed by atoms with Crippen LogP contribution >= 0.6 is 27.5 Å². The Morgan fingerprint density at radius 2 is 2.18 bits per heavy atom. The molecule has 0 bridgehead atoms. The van der Waals surface area contributed by atoms with E-state index in [1.165, 1.54) is 5.56 Å². The molecular formula is C12H17BrClNO2. The fraction of sp³-hybridized carbons (Fsp3) is 0.500. The fourth-order valence-electron chi connectivity index (χ4n) is 1.42. The van der Waals surface area contributed by atoms with Crippen LogP contribution < -0.4 is 5.32 Å². The van der Waals surface area contributed by atoms with Crippen LogP contribution in [0.25, 0.3) is 0 Å². The normalized spacial score (nSPS) is 12.7. The molecule has 0 aliphatic heterocycles. The van der Waals surface area contributed by atoms with E-state index < -0.39 is 0 Å². The van der Waals surface area contributed by atoms with Gasteiger partial charge in [-0.2, -0.15) is 0 Å². The smallest absolute Gasteiger partial charge is 0.0928 e. The van der Waals surface area contributed by atoms with Gasteiger partial charge in [0.15, 0.2) is 0 Å². The maximum absolute atomic E-state index is 5.93. The largest absolute Gasteiger partial charge is 0.382 e. The lowest BCUT2D eigenvalue weighted by molar-refractivity contribution is 0.0288. The molecule has 0 saturated carbocycles. The second-order valence-electron chi connectivity index (χ2n) is 3.69. The minimum absolute atomic E-state index is 0.0794. The highest BCUT2D eigenvalue weighted by Gasteiger charge is 2.06. The van der Waals surface area contributed by atoms with Gasteiger partial charge in [-0.15, -0.1) is 0 Å². The Hall–Kier alpha value is -0.130. The molecule has 1 N–H and O–H groups in total. The Kier molecular flexibility index (Phi) is 7.08. The topological polar surface area (TPSA) is 30.5 Å². The van der Waals surface area contributed by atoms with Gasteiger partial charge in [0.25, 0.3) is 0 Å². The molecule has 96 valence electrons. The quantitative estimate of drug-likeness (QED) is 0.837. The van der Waals surface area contributed by atoms with Gasteiger partial charge in [-0.05, 0) is 33.6 Å². The van der Waals surface area contributed by atoms with Crippen molar-refractivity contribution in [2.45, 2.75) is 12.6 Å². The molecule has 0 aliphatic rings. The molecule has 1 aromatic rings. The first-order valence-corrected chi connectivity index (χ1v) is 6.50. The van der Waals surface area contributed by atoms with Crippen LogP contribution in [0.2, 0.25) is 5.02 Å². The van der Waals surface area contributed by atoms with E-state index >= 15 is 0 Å². The van der Waals surface area contributed by atoms with Crippen molar-refractivity contribution in [2.75, 3.05) is 27.4 Å². The number of nitrogens with one attached hydrogen (secondary N) is 1. The maximum Gasteiger partial charge on any atom is 0.0928 e. The summed E-state index contributed by atoms with van der Waals surface area (Å²) in [5.41, 5.74) is 1.17.